The number of aromatic nitrogens is 1. The van der Waals surface area contributed by atoms with Crippen LogP contribution in [0, 0.1) is 5.92 Å². The van der Waals surface area contributed by atoms with Crippen LogP contribution in [0.4, 0.5) is 0 Å². The molecule has 1 aromatic heterocycles. The van der Waals surface area contributed by atoms with Crippen LogP contribution in [-0.4, -0.2) is 18.1 Å². The Morgan fingerprint density at radius 2 is 2.29 bits per heavy atom. The van der Waals surface area contributed by atoms with Crippen molar-refractivity contribution in [3.8, 4) is 5.88 Å². The lowest BCUT2D eigenvalue weighted by Crippen LogP contribution is -2.30. The minimum atomic E-state index is 0.682. The Morgan fingerprint density at radius 1 is 1.47 bits per heavy atom. The van der Waals surface area contributed by atoms with E-state index in [0.717, 1.165) is 12.5 Å². The van der Waals surface area contributed by atoms with E-state index in [0.29, 0.717) is 11.9 Å². The maximum absolute atomic E-state index is 5.05. The summed E-state index contributed by atoms with van der Waals surface area (Å²) in [4.78, 5) is 4.22. The molecule has 0 aromatic carbocycles. The second-order valence-corrected chi connectivity index (χ2v) is 4.82. The molecule has 2 rings (SSSR count). The van der Waals surface area contributed by atoms with Crippen LogP contribution in [-0.2, 0) is 6.54 Å². The molecular formula is C14H22N2O. The van der Waals surface area contributed by atoms with Crippen molar-refractivity contribution in [2.24, 2.45) is 5.92 Å². The van der Waals surface area contributed by atoms with E-state index in [-0.39, 0.29) is 0 Å². The van der Waals surface area contributed by atoms with Gasteiger partial charge < -0.3 is 10.1 Å². The molecule has 1 unspecified atom stereocenters. The van der Waals surface area contributed by atoms with Crippen molar-refractivity contribution in [3.63, 3.8) is 0 Å². The summed E-state index contributed by atoms with van der Waals surface area (Å²) in [6, 6.07) is 4.69. The number of pyridine rings is 1. The monoisotopic (exact) mass is 234 g/mol. The van der Waals surface area contributed by atoms with Crippen molar-refractivity contribution >= 4 is 0 Å². The van der Waals surface area contributed by atoms with Gasteiger partial charge in [0.2, 0.25) is 5.88 Å². The van der Waals surface area contributed by atoms with Crippen molar-refractivity contribution in [1.29, 1.82) is 0 Å². The number of methoxy groups -OCH3 is 1. The number of ether oxygens (including phenoxy) is 1. The fourth-order valence-electron chi connectivity index (χ4n) is 2.20. The van der Waals surface area contributed by atoms with Gasteiger partial charge in [-0.15, -0.1) is 0 Å². The molecule has 0 spiro atoms. The molecular weight excluding hydrogens is 212 g/mol. The number of hydrogen-bond acceptors (Lipinski definition) is 3. The Kier molecular flexibility index (Phi) is 4.37. The molecule has 0 radical (unpaired) electrons. The molecule has 94 valence electrons. The summed E-state index contributed by atoms with van der Waals surface area (Å²) >= 11 is 0. The van der Waals surface area contributed by atoms with Gasteiger partial charge in [0, 0.05) is 24.8 Å². The quantitative estimate of drug-likeness (QED) is 0.787. The zero-order valence-corrected chi connectivity index (χ0v) is 10.8. The molecule has 17 heavy (non-hydrogen) atoms. The maximum atomic E-state index is 5.05. The first-order valence-electron chi connectivity index (χ1n) is 6.55. The van der Waals surface area contributed by atoms with Gasteiger partial charge in [0.25, 0.3) is 0 Å². The summed E-state index contributed by atoms with van der Waals surface area (Å²) in [5.74, 6) is 1.60. The van der Waals surface area contributed by atoms with E-state index in [1.165, 1.54) is 31.2 Å². The second-order valence-electron chi connectivity index (χ2n) is 4.82. The smallest absolute Gasteiger partial charge is 0.212 e. The van der Waals surface area contributed by atoms with Crippen molar-refractivity contribution in [2.75, 3.05) is 7.11 Å². The molecule has 0 saturated heterocycles. The maximum Gasteiger partial charge on any atom is 0.212 e. The third-order valence-corrected chi connectivity index (χ3v) is 3.37. The first-order chi connectivity index (χ1) is 8.33. The topological polar surface area (TPSA) is 34.1 Å². The standard InChI is InChI=1S/C14H22N2O/c1-3-4-13(12-6-7-12)15-9-11-5-8-14(17-2)16-10-11/h5,8,10,12-13,15H,3-4,6-7,9H2,1-2H3. The second kappa shape index (κ2) is 6.01. The summed E-state index contributed by atoms with van der Waals surface area (Å²) in [5.41, 5.74) is 1.23. The fraction of sp³-hybridized carbons (Fsp3) is 0.643. The average Bonchev–Trinajstić information content (AvgIpc) is 3.19. The molecule has 0 amide bonds. The van der Waals surface area contributed by atoms with Crippen molar-refractivity contribution < 1.29 is 4.74 Å². The zero-order chi connectivity index (χ0) is 12.1. The molecule has 1 aliphatic rings. The number of hydrogen-bond donors (Lipinski definition) is 1. The SMILES string of the molecule is CCCC(NCc1ccc(OC)nc1)C1CC1. The molecule has 1 N–H and O–H groups in total. The van der Waals surface area contributed by atoms with Crippen LogP contribution in [0.2, 0.25) is 0 Å². The van der Waals surface area contributed by atoms with Crippen molar-refractivity contribution in [1.82, 2.24) is 10.3 Å². The van der Waals surface area contributed by atoms with Crippen LogP contribution in [0.1, 0.15) is 38.2 Å². The largest absolute Gasteiger partial charge is 0.481 e. The minimum Gasteiger partial charge on any atom is -0.481 e. The number of nitrogens with one attached hydrogen (secondary N) is 1. The molecule has 1 atom stereocenters. The van der Waals surface area contributed by atoms with Crippen molar-refractivity contribution in [3.05, 3.63) is 23.9 Å². The van der Waals surface area contributed by atoms with Crippen LogP contribution in [0.15, 0.2) is 18.3 Å². The Bertz CT molecular complexity index is 333. The van der Waals surface area contributed by atoms with Gasteiger partial charge in [-0.3, -0.25) is 0 Å². The van der Waals surface area contributed by atoms with Gasteiger partial charge >= 0.3 is 0 Å². The highest BCUT2D eigenvalue weighted by molar-refractivity contribution is 5.17. The third kappa shape index (κ3) is 3.70. The predicted octanol–water partition coefficient (Wildman–Crippen LogP) is 2.76. The lowest BCUT2D eigenvalue weighted by atomic mass is 10.1. The molecule has 3 heteroatoms. The summed E-state index contributed by atoms with van der Waals surface area (Å²) < 4.78 is 5.05. The molecule has 3 nitrogen and oxygen atoms in total. The van der Waals surface area contributed by atoms with E-state index in [1.807, 2.05) is 12.3 Å². The number of rotatable bonds is 7. The van der Waals surface area contributed by atoms with E-state index >= 15 is 0 Å². The van der Waals surface area contributed by atoms with E-state index in [2.05, 4.69) is 23.3 Å². The average molecular weight is 234 g/mol. The molecule has 0 bridgehead atoms. The molecule has 1 aliphatic carbocycles. The van der Waals surface area contributed by atoms with Crippen LogP contribution in [0.5, 0.6) is 5.88 Å². The summed E-state index contributed by atoms with van der Waals surface area (Å²) in [6.07, 6.45) is 7.24. The van der Waals surface area contributed by atoms with Crippen LogP contribution < -0.4 is 10.1 Å². The van der Waals surface area contributed by atoms with E-state index in [4.69, 9.17) is 4.74 Å². The van der Waals surface area contributed by atoms with E-state index < -0.39 is 0 Å². The number of nitrogens with zero attached hydrogens (tertiary/aromatic N) is 1. The highest BCUT2D eigenvalue weighted by Crippen LogP contribution is 2.34. The Morgan fingerprint density at radius 3 is 2.82 bits per heavy atom. The van der Waals surface area contributed by atoms with Crippen LogP contribution in [0.3, 0.4) is 0 Å². The lowest BCUT2D eigenvalue weighted by Gasteiger charge is -2.17. The van der Waals surface area contributed by atoms with Gasteiger partial charge in [0.1, 0.15) is 0 Å². The molecule has 1 fully saturated rings. The highest BCUT2D eigenvalue weighted by Gasteiger charge is 2.29. The molecule has 1 saturated carbocycles. The predicted molar refractivity (Wildman–Crippen MR) is 69.0 cm³/mol. The summed E-state index contributed by atoms with van der Waals surface area (Å²) in [7, 11) is 1.64. The van der Waals surface area contributed by atoms with Crippen LogP contribution in [0.25, 0.3) is 0 Å². The fourth-order valence-corrected chi connectivity index (χ4v) is 2.20. The Balaban J connectivity index is 1.82. The van der Waals surface area contributed by atoms with Gasteiger partial charge in [-0.1, -0.05) is 19.4 Å². The Hall–Kier alpha value is -1.09. The van der Waals surface area contributed by atoms with Gasteiger partial charge in [-0.2, -0.15) is 0 Å². The van der Waals surface area contributed by atoms with Gasteiger partial charge in [-0.25, -0.2) is 4.98 Å². The van der Waals surface area contributed by atoms with Crippen LogP contribution >= 0.6 is 0 Å². The van der Waals surface area contributed by atoms with E-state index in [1.54, 1.807) is 7.11 Å². The van der Waals surface area contributed by atoms with Gasteiger partial charge in [0.05, 0.1) is 7.11 Å². The normalized spacial score (nSPS) is 16.8. The zero-order valence-electron chi connectivity index (χ0n) is 10.8. The summed E-state index contributed by atoms with van der Waals surface area (Å²) in [5, 5.41) is 3.66. The van der Waals surface area contributed by atoms with Gasteiger partial charge in [-0.05, 0) is 30.7 Å². The first kappa shape index (κ1) is 12.4. The highest BCUT2D eigenvalue weighted by atomic mass is 16.5. The molecule has 0 aliphatic heterocycles. The lowest BCUT2D eigenvalue weighted by molar-refractivity contribution is 0.396. The first-order valence-corrected chi connectivity index (χ1v) is 6.55. The van der Waals surface area contributed by atoms with Gasteiger partial charge in [0.15, 0.2) is 0 Å². The van der Waals surface area contributed by atoms with Crippen molar-refractivity contribution in [2.45, 2.75) is 45.2 Å². The molecule has 1 heterocycles. The minimum absolute atomic E-state index is 0.682. The molecule has 1 aromatic rings. The van der Waals surface area contributed by atoms with E-state index in [9.17, 15) is 0 Å². The third-order valence-electron chi connectivity index (χ3n) is 3.37. The summed E-state index contributed by atoms with van der Waals surface area (Å²) in [6.45, 7) is 3.17. The Labute approximate surface area is 104 Å².